The smallest absolute Gasteiger partial charge is 0.245 e. The van der Waals surface area contributed by atoms with Gasteiger partial charge >= 0.3 is 0 Å². The van der Waals surface area contributed by atoms with E-state index in [0.29, 0.717) is 25.1 Å². The summed E-state index contributed by atoms with van der Waals surface area (Å²) in [5.74, 6) is 0. The van der Waals surface area contributed by atoms with Crippen molar-refractivity contribution in [1.29, 1.82) is 5.26 Å². The number of nitriles is 1. The van der Waals surface area contributed by atoms with E-state index in [0.717, 1.165) is 28.5 Å². The first-order chi connectivity index (χ1) is 17.6. The number of ether oxygens (including phenoxy) is 1. The molecule has 3 aromatic rings. The van der Waals surface area contributed by atoms with Crippen LogP contribution in [0.3, 0.4) is 0 Å². The van der Waals surface area contributed by atoms with Gasteiger partial charge in [0.1, 0.15) is 6.73 Å². The van der Waals surface area contributed by atoms with Crippen LogP contribution in [0.25, 0.3) is 0 Å². The summed E-state index contributed by atoms with van der Waals surface area (Å²) in [7, 11) is -5.15. The van der Waals surface area contributed by atoms with Gasteiger partial charge in [-0.2, -0.15) is 9.57 Å². The molecule has 3 aromatic carbocycles. The molecule has 0 fully saturated rings. The van der Waals surface area contributed by atoms with E-state index in [-0.39, 0.29) is 17.7 Å². The molecule has 194 valence electrons. The molecule has 1 heterocycles. The van der Waals surface area contributed by atoms with Gasteiger partial charge in [0.15, 0.2) is 0 Å². The van der Waals surface area contributed by atoms with Crippen LogP contribution < -0.4 is 4.90 Å². The van der Waals surface area contributed by atoms with Crippen molar-refractivity contribution in [2.45, 2.75) is 50.0 Å². The van der Waals surface area contributed by atoms with Crippen LogP contribution >= 0.6 is 0 Å². The Morgan fingerprint density at radius 2 is 1.81 bits per heavy atom. The Balaban J connectivity index is 1.74. The van der Waals surface area contributed by atoms with Crippen molar-refractivity contribution in [2.24, 2.45) is 0 Å². The molecule has 1 aliphatic heterocycles. The van der Waals surface area contributed by atoms with Gasteiger partial charge in [0.05, 0.1) is 16.5 Å². The minimum atomic E-state index is -3.82. The molecule has 1 unspecified atom stereocenters. The summed E-state index contributed by atoms with van der Waals surface area (Å²) in [6.45, 7) is 9.87. The standard InChI is InChI=1S/C29H35N3O3SSi/c1-23-9-8-10-26(17-23)31-21-27(19-25-18-24(20-30)13-14-29(25)31)32(22-35-15-16-37(2,3)4)36(33,34)28-11-6-5-7-12-28/h5-14,17-18,27H,15-16,19,21-22H2,1-4H3. The number of sulfonamides is 1. The fraction of sp³-hybridized carbons (Fsp3) is 0.345. The van der Waals surface area contributed by atoms with E-state index >= 15 is 0 Å². The summed E-state index contributed by atoms with van der Waals surface area (Å²) in [6, 6.07) is 25.2. The molecule has 4 rings (SSSR count). The summed E-state index contributed by atoms with van der Waals surface area (Å²) in [5.41, 5.74) is 4.63. The predicted molar refractivity (Wildman–Crippen MR) is 151 cm³/mol. The molecular formula is C29H35N3O3SSi. The number of benzene rings is 3. The Labute approximate surface area is 222 Å². The van der Waals surface area contributed by atoms with Crippen LogP contribution in [0.15, 0.2) is 77.7 Å². The predicted octanol–water partition coefficient (Wildman–Crippen LogP) is 5.93. The van der Waals surface area contributed by atoms with Gasteiger partial charge in [-0.05, 0) is 73.0 Å². The number of aryl methyl sites for hydroxylation is 1. The average Bonchev–Trinajstić information content (AvgIpc) is 2.87. The van der Waals surface area contributed by atoms with Gasteiger partial charge in [0.25, 0.3) is 0 Å². The minimum Gasteiger partial charge on any atom is -0.365 e. The fourth-order valence-corrected chi connectivity index (χ4v) is 6.85. The Kier molecular flexibility index (Phi) is 8.19. The summed E-state index contributed by atoms with van der Waals surface area (Å²) in [5, 5.41) is 9.53. The van der Waals surface area contributed by atoms with E-state index in [2.05, 4.69) is 36.7 Å². The molecule has 1 aliphatic rings. The normalized spacial score (nSPS) is 15.9. The molecule has 0 aromatic heterocycles. The lowest BCUT2D eigenvalue weighted by Crippen LogP contribution is -2.50. The number of nitrogens with zero attached hydrogens (tertiary/aromatic N) is 3. The Bertz CT molecular complexity index is 1380. The molecule has 0 radical (unpaired) electrons. The largest absolute Gasteiger partial charge is 0.365 e. The first-order valence-corrected chi connectivity index (χ1v) is 17.7. The van der Waals surface area contributed by atoms with Gasteiger partial charge in [-0.3, -0.25) is 0 Å². The van der Waals surface area contributed by atoms with Gasteiger partial charge in [0.2, 0.25) is 10.0 Å². The maximum atomic E-state index is 13.9. The van der Waals surface area contributed by atoms with E-state index in [4.69, 9.17) is 4.74 Å². The molecule has 1 atom stereocenters. The van der Waals surface area contributed by atoms with Crippen LogP contribution in [0.4, 0.5) is 11.4 Å². The summed E-state index contributed by atoms with van der Waals surface area (Å²) in [6.07, 6.45) is 0.497. The molecule has 0 amide bonds. The second-order valence-corrected chi connectivity index (χ2v) is 18.3. The van der Waals surface area contributed by atoms with Gasteiger partial charge in [-0.1, -0.05) is 50.0 Å². The molecule has 8 heteroatoms. The van der Waals surface area contributed by atoms with Crippen molar-refractivity contribution >= 4 is 29.5 Å². The molecule has 6 nitrogen and oxygen atoms in total. The summed E-state index contributed by atoms with van der Waals surface area (Å²) >= 11 is 0. The first-order valence-electron chi connectivity index (χ1n) is 12.6. The van der Waals surface area contributed by atoms with Crippen LogP contribution in [0.5, 0.6) is 0 Å². The van der Waals surface area contributed by atoms with Gasteiger partial charge in [-0.25, -0.2) is 8.42 Å². The van der Waals surface area contributed by atoms with E-state index in [1.54, 1.807) is 24.3 Å². The van der Waals surface area contributed by atoms with Crippen molar-refractivity contribution in [3.8, 4) is 6.07 Å². The monoisotopic (exact) mass is 533 g/mol. The first kappa shape index (κ1) is 27.1. The lowest BCUT2D eigenvalue weighted by Gasteiger charge is -2.40. The highest BCUT2D eigenvalue weighted by Crippen LogP contribution is 2.37. The van der Waals surface area contributed by atoms with Crippen LogP contribution in [0.1, 0.15) is 16.7 Å². The van der Waals surface area contributed by atoms with Crippen LogP contribution in [-0.2, 0) is 21.2 Å². The Morgan fingerprint density at radius 3 is 2.49 bits per heavy atom. The van der Waals surface area contributed by atoms with Crippen molar-refractivity contribution in [3.63, 3.8) is 0 Å². The summed E-state index contributed by atoms with van der Waals surface area (Å²) < 4.78 is 35.4. The van der Waals surface area contributed by atoms with Crippen LogP contribution in [-0.4, -0.2) is 46.7 Å². The summed E-state index contributed by atoms with van der Waals surface area (Å²) in [4.78, 5) is 2.41. The number of rotatable bonds is 9. The lowest BCUT2D eigenvalue weighted by molar-refractivity contribution is 0.0619. The maximum Gasteiger partial charge on any atom is 0.245 e. The Hall–Kier alpha value is -2.96. The van der Waals surface area contributed by atoms with Crippen molar-refractivity contribution in [3.05, 3.63) is 89.5 Å². The van der Waals surface area contributed by atoms with Crippen molar-refractivity contribution in [2.75, 3.05) is 24.8 Å². The van der Waals surface area contributed by atoms with E-state index < -0.39 is 18.1 Å². The van der Waals surface area contributed by atoms with E-state index in [1.807, 2.05) is 49.4 Å². The highest BCUT2D eigenvalue weighted by molar-refractivity contribution is 7.89. The molecule has 0 spiro atoms. The third kappa shape index (κ3) is 6.49. The second-order valence-electron chi connectivity index (χ2n) is 10.8. The molecule has 0 saturated heterocycles. The number of hydrogen-bond acceptors (Lipinski definition) is 5. The zero-order valence-corrected chi connectivity index (χ0v) is 23.8. The van der Waals surface area contributed by atoms with Gasteiger partial charge in [0, 0.05) is 38.6 Å². The van der Waals surface area contributed by atoms with Crippen LogP contribution in [0.2, 0.25) is 25.7 Å². The maximum absolute atomic E-state index is 13.9. The number of fused-ring (bicyclic) bond motifs is 1. The Morgan fingerprint density at radius 1 is 1.05 bits per heavy atom. The highest BCUT2D eigenvalue weighted by Gasteiger charge is 2.37. The molecule has 0 N–H and O–H groups in total. The molecule has 0 saturated carbocycles. The topological polar surface area (TPSA) is 73.6 Å². The quantitative estimate of drug-likeness (QED) is 0.194. The fourth-order valence-electron chi connectivity index (χ4n) is 4.57. The van der Waals surface area contributed by atoms with Crippen molar-refractivity contribution < 1.29 is 13.2 Å². The van der Waals surface area contributed by atoms with E-state index in [9.17, 15) is 13.7 Å². The van der Waals surface area contributed by atoms with E-state index in [1.165, 1.54) is 4.31 Å². The lowest BCUT2D eigenvalue weighted by atomic mass is 9.95. The molecular weight excluding hydrogens is 498 g/mol. The average molecular weight is 534 g/mol. The molecule has 37 heavy (non-hydrogen) atoms. The number of hydrogen-bond donors (Lipinski definition) is 0. The minimum absolute atomic E-state index is 0.0126. The second kappa shape index (κ2) is 11.2. The SMILES string of the molecule is Cc1cccc(N2CC(N(COCC[Si](C)(C)C)S(=O)(=O)c3ccccc3)Cc3cc(C#N)ccc32)c1. The third-order valence-electron chi connectivity index (χ3n) is 6.63. The third-order valence-corrected chi connectivity index (χ3v) is 10.2. The zero-order chi connectivity index (χ0) is 26.6. The van der Waals surface area contributed by atoms with Crippen LogP contribution in [0, 0.1) is 18.3 Å². The highest BCUT2D eigenvalue weighted by atomic mass is 32.2. The zero-order valence-electron chi connectivity index (χ0n) is 22.0. The number of anilines is 2. The molecule has 0 bridgehead atoms. The van der Waals surface area contributed by atoms with Gasteiger partial charge < -0.3 is 9.64 Å². The van der Waals surface area contributed by atoms with Gasteiger partial charge in [-0.15, -0.1) is 0 Å². The molecule has 0 aliphatic carbocycles. The van der Waals surface area contributed by atoms with Crippen molar-refractivity contribution in [1.82, 2.24) is 4.31 Å².